The van der Waals surface area contributed by atoms with E-state index in [1.807, 2.05) is 0 Å². The summed E-state index contributed by atoms with van der Waals surface area (Å²) in [6.45, 7) is 0. The van der Waals surface area contributed by atoms with Crippen LogP contribution in [0.4, 0.5) is 0 Å². The molecule has 1 rings (SSSR count). The Labute approximate surface area is 116 Å². The van der Waals surface area contributed by atoms with Gasteiger partial charge < -0.3 is 14.7 Å². The molecule has 3 N–H and O–H groups in total. The van der Waals surface area contributed by atoms with Crippen LogP contribution in [0, 0.1) is 0 Å². The van der Waals surface area contributed by atoms with Crippen LogP contribution in [0.5, 0.6) is 0 Å². The molecule has 1 aromatic carbocycles. The molecule has 0 amide bonds. The molecule has 0 fully saturated rings. The van der Waals surface area contributed by atoms with Crippen LogP contribution in [0.3, 0.4) is 0 Å². The smallest absolute Gasteiger partial charge is 0.321 e. The van der Waals surface area contributed by atoms with Crippen LogP contribution in [0.1, 0.15) is 12.8 Å². The Morgan fingerprint density at radius 3 is 2.35 bits per heavy atom. The maximum absolute atomic E-state index is 12.6. The molecule has 0 aliphatic carbocycles. The van der Waals surface area contributed by atoms with E-state index in [0.717, 1.165) is 0 Å². The van der Waals surface area contributed by atoms with Crippen molar-refractivity contribution in [2.24, 2.45) is 0 Å². The molecule has 0 saturated carbocycles. The Bertz CT molecular complexity index is 518. The van der Waals surface area contributed by atoms with E-state index in [1.165, 1.54) is 7.11 Å². The van der Waals surface area contributed by atoms with E-state index in [0.29, 0.717) is 5.30 Å². The molecule has 7 nitrogen and oxygen atoms in total. The van der Waals surface area contributed by atoms with Gasteiger partial charge in [0.05, 0.1) is 5.30 Å². The van der Waals surface area contributed by atoms with Gasteiger partial charge in [-0.25, -0.2) is 5.09 Å². The van der Waals surface area contributed by atoms with Crippen LogP contribution in [-0.4, -0.2) is 35.3 Å². The lowest BCUT2D eigenvalue weighted by Gasteiger charge is -2.22. The second-order valence-electron chi connectivity index (χ2n) is 4.02. The monoisotopic (exact) mass is 301 g/mol. The topological polar surface area (TPSA) is 113 Å². The number of hydrogen-bond acceptors (Lipinski definition) is 4. The Kier molecular flexibility index (Phi) is 5.88. The van der Waals surface area contributed by atoms with E-state index >= 15 is 0 Å². The van der Waals surface area contributed by atoms with Crippen LogP contribution in [0.15, 0.2) is 30.3 Å². The zero-order valence-corrected chi connectivity index (χ0v) is 11.7. The molecule has 0 aliphatic heterocycles. The van der Waals surface area contributed by atoms with Crippen LogP contribution >= 0.6 is 7.52 Å². The van der Waals surface area contributed by atoms with Gasteiger partial charge in [0.25, 0.3) is 7.52 Å². The largest absolute Gasteiger partial charge is 0.481 e. The van der Waals surface area contributed by atoms with E-state index in [9.17, 15) is 14.2 Å². The summed E-state index contributed by atoms with van der Waals surface area (Å²) >= 11 is 0. The maximum Gasteiger partial charge on any atom is 0.321 e. The molecule has 0 saturated heterocycles. The van der Waals surface area contributed by atoms with Crippen molar-refractivity contribution >= 4 is 24.8 Å². The number of rotatable bonds is 8. The SMILES string of the molecule is COP(=O)(N[C@@H](CCC(=O)O)C(=O)O)c1ccccc1. The molecule has 0 heterocycles. The maximum atomic E-state index is 12.6. The number of carbonyl (C=O) groups is 2. The highest BCUT2D eigenvalue weighted by Crippen LogP contribution is 2.40. The Hall–Kier alpha value is -1.69. The van der Waals surface area contributed by atoms with Gasteiger partial charge in [0, 0.05) is 13.5 Å². The Morgan fingerprint density at radius 1 is 1.30 bits per heavy atom. The van der Waals surface area contributed by atoms with Crippen LogP contribution in [0.2, 0.25) is 0 Å². The van der Waals surface area contributed by atoms with Crippen molar-refractivity contribution in [2.75, 3.05) is 7.11 Å². The first-order chi connectivity index (χ1) is 9.39. The third-order valence-electron chi connectivity index (χ3n) is 2.62. The van der Waals surface area contributed by atoms with E-state index in [1.54, 1.807) is 30.3 Å². The number of carboxylic acid groups (broad SMARTS) is 2. The molecule has 0 radical (unpaired) electrons. The molecule has 8 heteroatoms. The van der Waals surface area contributed by atoms with E-state index in [2.05, 4.69) is 5.09 Å². The summed E-state index contributed by atoms with van der Waals surface area (Å²) in [6, 6.07) is 6.85. The summed E-state index contributed by atoms with van der Waals surface area (Å²) in [6.07, 6.45) is -0.534. The quantitative estimate of drug-likeness (QED) is 0.615. The molecular weight excluding hydrogens is 285 g/mol. The van der Waals surface area contributed by atoms with Crippen molar-refractivity contribution in [1.82, 2.24) is 5.09 Å². The molecule has 0 spiro atoms. The van der Waals surface area contributed by atoms with Gasteiger partial charge in [-0.3, -0.25) is 14.2 Å². The molecule has 0 bridgehead atoms. The number of hydrogen-bond donors (Lipinski definition) is 3. The van der Waals surface area contributed by atoms with Crippen LogP contribution in [0.25, 0.3) is 0 Å². The number of aliphatic carboxylic acids is 2. The summed E-state index contributed by atoms with van der Waals surface area (Å²) in [4.78, 5) is 21.6. The van der Waals surface area contributed by atoms with Gasteiger partial charge in [-0.1, -0.05) is 18.2 Å². The molecular formula is C12H16NO6P. The number of carboxylic acids is 2. The minimum Gasteiger partial charge on any atom is -0.481 e. The molecule has 1 aromatic rings. The highest BCUT2D eigenvalue weighted by molar-refractivity contribution is 7.65. The minimum atomic E-state index is -3.55. The highest BCUT2D eigenvalue weighted by Gasteiger charge is 2.31. The minimum absolute atomic E-state index is 0.190. The lowest BCUT2D eigenvalue weighted by molar-refractivity contribution is -0.140. The molecule has 1 unspecified atom stereocenters. The zero-order valence-electron chi connectivity index (χ0n) is 10.9. The predicted octanol–water partition coefficient (Wildman–Crippen LogP) is 1.06. The van der Waals surface area contributed by atoms with Crippen molar-refractivity contribution in [1.29, 1.82) is 0 Å². The summed E-state index contributed by atoms with van der Waals surface area (Å²) < 4.78 is 17.5. The van der Waals surface area contributed by atoms with E-state index in [4.69, 9.17) is 14.7 Å². The standard InChI is InChI=1S/C12H16NO6P/c1-19-20(18,9-5-3-2-4-6-9)13-10(12(16)17)7-8-11(14)15/h2-6,10H,7-8H2,1H3,(H,13,18)(H,14,15)(H,16,17)/t10-,20?/m0/s1. The fourth-order valence-electron chi connectivity index (χ4n) is 1.57. The molecule has 0 aromatic heterocycles. The number of nitrogens with one attached hydrogen (secondary N) is 1. The van der Waals surface area contributed by atoms with Gasteiger partial charge in [0.1, 0.15) is 6.04 Å². The lowest BCUT2D eigenvalue weighted by atomic mass is 10.2. The van der Waals surface area contributed by atoms with E-state index in [-0.39, 0.29) is 12.8 Å². The molecule has 2 atom stereocenters. The zero-order chi connectivity index (χ0) is 15.2. The van der Waals surface area contributed by atoms with Gasteiger partial charge in [0.2, 0.25) is 0 Å². The first-order valence-electron chi connectivity index (χ1n) is 5.83. The molecule has 110 valence electrons. The van der Waals surface area contributed by atoms with Gasteiger partial charge in [-0.15, -0.1) is 0 Å². The first-order valence-corrected chi connectivity index (χ1v) is 7.45. The van der Waals surface area contributed by atoms with Gasteiger partial charge >= 0.3 is 11.9 Å². The Morgan fingerprint density at radius 2 is 1.90 bits per heavy atom. The second-order valence-corrected chi connectivity index (χ2v) is 6.26. The van der Waals surface area contributed by atoms with Crippen molar-refractivity contribution in [3.05, 3.63) is 30.3 Å². The summed E-state index contributed by atoms with van der Waals surface area (Å²) in [5, 5.41) is 20.4. The first kappa shape index (κ1) is 16.4. The molecule has 20 heavy (non-hydrogen) atoms. The third-order valence-corrected chi connectivity index (χ3v) is 4.77. The van der Waals surface area contributed by atoms with Crippen LogP contribution < -0.4 is 10.4 Å². The van der Waals surface area contributed by atoms with Crippen molar-refractivity contribution < 1.29 is 28.9 Å². The normalized spacial score (nSPS) is 15.2. The Balaban J connectivity index is 2.91. The summed E-state index contributed by atoms with van der Waals surface area (Å²) in [5.74, 6) is -2.40. The van der Waals surface area contributed by atoms with Crippen molar-refractivity contribution in [3.8, 4) is 0 Å². The average molecular weight is 301 g/mol. The highest BCUT2D eigenvalue weighted by atomic mass is 31.2. The predicted molar refractivity (Wildman–Crippen MR) is 72.1 cm³/mol. The lowest BCUT2D eigenvalue weighted by Crippen LogP contribution is -2.37. The number of benzene rings is 1. The molecule has 0 aliphatic rings. The summed E-state index contributed by atoms with van der Waals surface area (Å²) in [5.41, 5.74) is 0. The second kappa shape index (κ2) is 7.19. The van der Waals surface area contributed by atoms with Gasteiger partial charge in [-0.2, -0.15) is 0 Å². The van der Waals surface area contributed by atoms with Gasteiger partial charge in [0.15, 0.2) is 0 Å². The average Bonchev–Trinajstić information content (AvgIpc) is 2.43. The van der Waals surface area contributed by atoms with Crippen molar-refractivity contribution in [2.45, 2.75) is 18.9 Å². The summed E-state index contributed by atoms with van der Waals surface area (Å²) in [7, 11) is -2.34. The van der Waals surface area contributed by atoms with E-state index < -0.39 is 25.5 Å². The third kappa shape index (κ3) is 4.45. The van der Waals surface area contributed by atoms with Crippen molar-refractivity contribution in [3.63, 3.8) is 0 Å². The van der Waals surface area contributed by atoms with Crippen LogP contribution in [-0.2, 0) is 18.7 Å². The fourth-order valence-corrected chi connectivity index (χ4v) is 3.25. The van der Waals surface area contributed by atoms with Gasteiger partial charge in [-0.05, 0) is 18.6 Å². The fraction of sp³-hybridized carbons (Fsp3) is 0.333.